The summed E-state index contributed by atoms with van der Waals surface area (Å²) in [6.07, 6.45) is 0. The molecule has 0 N–H and O–H groups in total. The summed E-state index contributed by atoms with van der Waals surface area (Å²) >= 11 is 1.32. The molecule has 0 radical (unpaired) electrons. The third kappa shape index (κ3) is 4.69. The molecule has 1 aromatic heterocycles. The molecule has 0 aliphatic rings. The van der Waals surface area contributed by atoms with Gasteiger partial charge in [-0.1, -0.05) is 23.9 Å². The van der Waals surface area contributed by atoms with Gasteiger partial charge in [-0.2, -0.15) is 0 Å². The molecule has 2 aromatic carbocycles. The van der Waals surface area contributed by atoms with Crippen LogP contribution in [-0.2, 0) is 18.4 Å². The van der Waals surface area contributed by atoms with Gasteiger partial charge in [-0.15, -0.1) is 10.2 Å². The van der Waals surface area contributed by atoms with E-state index < -0.39 is 0 Å². The summed E-state index contributed by atoms with van der Waals surface area (Å²) in [5.41, 5.74) is 1.67. The van der Waals surface area contributed by atoms with Gasteiger partial charge in [0.05, 0.1) is 12.9 Å². The van der Waals surface area contributed by atoms with Crippen molar-refractivity contribution >= 4 is 17.7 Å². The molecule has 6 nitrogen and oxygen atoms in total. The van der Waals surface area contributed by atoms with Crippen LogP contribution in [0.1, 0.15) is 5.56 Å². The van der Waals surface area contributed by atoms with Crippen molar-refractivity contribution in [2.24, 2.45) is 7.05 Å². The van der Waals surface area contributed by atoms with Crippen LogP contribution in [-0.4, -0.2) is 45.5 Å². The molecule has 3 rings (SSSR count). The highest BCUT2D eigenvalue weighted by Crippen LogP contribution is 2.24. The molecule has 0 fully saturated rings. The van der Waals surface area contributed by atoms with E-state index in [0.29, 0.717) is 17.5 Å². The minimum atomic E-state index is -0.308. The van der Waals surface area contributed by atoms with Crippen LogP contribution >= 0.6 is 11.8 Å². The van der Waals surface area contributed by atoms with E-state index in [9.17, 15) is 9.18 Å². The highest BCUT2D eigenvalue weighted by Gasteiger charge is 2.15. The summed E-state index contributed by atoms with van der Waals surface area (Å²) in [4.78, 5) is 14.0. The zero-order valence-electron chi connectivity index (χ0n) is 15.9. The Kier molecular flexibility index (Phi) is 6.30. The number of nitrogens with zero attached hydrogens (tertiary/aromatic N) is 4. The SMILES string of the molecule is COc1ccc(-c2nnc(SCC(=O)N(C)Cc3cccc(F)c3)n2C)cc1. The van der Waals surface area contributed by atoms with Crippen LogP contribution in [0.3, 0.4) is 0 Å². The molecule has 0 unspecified atom stereocenters. The summed E-state index contributed by atoms with van der Waals surface area (Å²) in [7, 11) is 5.19. The molecule has 1 amide bonds. The number of halogens is 1. The third-order valence-electron chi connectivity index (χ3n) is 4.24. The molecule has 0 saturated heterocycles. The molecule has 0 bridgehead atoms. The second-order valence-corrected chi connectivity index (χ2v) is 7.20. The molecule has 0 saturated carbocycles. The number of carbonyl (C=O) groups is 1. The molecular weight excluding hydrogens is 379 g/mol. The van der Waals surface area contributed by atoms with Gasteiger partial charge in [0.1, 0.15) is 11.6 Å². The van der Waals surface area contributed by atoms with Crippen molar-refractivity contribution in [3.8, 4) is 17.1 Å². The van der Waals surface area contributed by atoms with Gasteiger partial charge in [0.25, 0.3) is 0 Å². The number of aromatic nitrogens is 3. The maximum absolute atomic E-state index is 13.3. The quantitative estimate of drug-likeness (QED) is 0.569. The Hall–Kier alpha value is -2.87. The van der Waals surface area contributed by atoms with Gasteiger partial charge in [-0.25, -0.2) is 4.39 Å². The van der Waals surface area contributed by atoms with Gasteiger partial charge in [0.2, 0.25) is 5.91 Å². The lowest BCUT2D eigenvalue weighted by atomic mass is 10.2. The number of methoxy groups -OCH3 is 1. The molecule has 0 atom stereocenters. The zero-order chi connectivity index (χ0) is 20.1. The molecule has 3 aromatic rings. The maximum Gasteiger partial charge on any atom is 0.233 e. The van der Waals surface area contributed by atoms with E-state index >= 15 is 0 Å². The summed E-state index contributed by atoms with van der Waals surface area (Å²) in [5, 5.41) is 9.06. The first kappa shape index (κ1) is 19.9. The number of benzene rings is 2. The first-order chi connectivity index (χ1) is 13.5. The van der Waals surface area contributed by atoms with Crippen LogP contribution in [0.2, 0.25) is 0 Å². The van der Waals surface area contributed by atoms with Gasteiger partial charge in [0, 0.05) is 26.2 Å². The third-order valence-corrected chi connectivity index (χ3v) is 5.25. The van der Waals surface area contributed by atoms with Crippen LogP contribution in [0.4, 0.5) is 4.39 Å². The minimum absolute atomic E-state index is 0.0664. The van der Waals surface area contributed by atoms with E-state index in [1.165, 1.54) is 23.9 Å². The van der Waals surface area contributed by atoms with Gasteiger partial charge in [-0.3, -0.25) is 4.79 Å². The number of ether oxygens (including phenoxy) is 1. The van der Waals surface area contributed by atoms with Crippen LogP contribution in [0.5, 0.6) is 5.75 Å². The number of carbonyl (C=O) groups excluding carboxylic acids is 1. The normalized spacial score (nSPS) is 10.7. The first-order valence-electron chi connectivity index (χ1n) is 8.63. The van der Waals surface area contributed by atoms with Crippen LogP contribution in [0, 0.1) is 5.82 Å². The molecule has 0 aliphatic heterocycles. The molecule has 8 heteroatoms. The van der Waals surface area contributed by atoms with E-state index in [0.717, 1.165) is 16.9 Å². The van der Waals surface area contributed by atoms with Gasteiger partial charge in [-0.05, 0) is 42.0 Å². The van der Waals surface area contributed by atoms with Crippen LogP contribution < -0.4 is 4.74 Å². The Bertz CT molecular complexity index is 959. The van der Waals surface area contributed by atoms with Crippen LogP contribution in [0.25, 0.3) is 11.4 Å². The monoisotopic (exact) mass is 400 g/mol. The van der Waals surface area contributed by atoms with Crippen molar-refractivity contribution in [3.63, 3.8) is 0 Å². The fourth-order valence-electron chi connectivity index (χ4n) is 2.67. The van der Waals surface area contributed by atoms with Gasteiger partial charge >= 0.3 is 0 Å². The van der Waals surface area contributed by atoms with Crippen molar-refractivity contribution in [1.29, 1.82) is 0 Å². The maximum atomic E-state index is 13.3. The highest BCUT2D eigenvalue weighted by atomic mass is 32.2. The fraction of sp³-hybridized carbons (Fsp3) is 0.250. The number of hydrogen-bond donors (Lipinski definition) is 0. The summed E-state index contributed by atoms with van der Waals surface area (Å²) in [6.45, 7) is 0.354. The zero-order valence-corrected chi connectivity index (χ0v) is 16.7. The minimum Gasteiger partial charge on any atom is -0.497 e. The number of thioether (sulfide) groups is 1. The van der Waals surface area contributed by atoms with Crippen molar-refractivity contribution in [2.75, 3.05) is 19.9 Å². The van der Waals surface area contributed by atoms with E-state index in [1.54, 1.807) is 31.2 Å². The second kappa shape index (κ2) is 8.88. The lowest BCUT2D eigenvalue weighted by Gasteiger charge is -2.17. The second-order valence-electron chi connectivity index (χ2n) is 6.26. The van der Waals surface area contributed by atoms with Crippen molar-refractivity contribution in [1.82, 2.24) is 19.7 Å². The Balaban J connectivity index is 1.61. The van der Waals surface area contributed by atoms with Crippen molar-refractivity contribution in [2.45, 2.75) is 11.7 Å². The van der Waals surface area contributed by atoms with Crippen molar-refractivity contribution < 1.29 is 13.9 Å². The van der Waals surface area contributed by atoms with E-state index in [4.69, 9.17) is 4.74 Å². The number of hydrogen-bond acceptors (Lipinski definition) is 5. The Labute approximate surface area is 167 Å². The summed E-state index contributed by atoms with van der Waals surface area (Å²) in [6, 6.07) is 13.8. The van der Waals surface area contributed by atoms with E-state index in [2.05, 4.69) is 10.2 Å². The molecule has 0 spiro atoms. The lowest BCUT2D eigenvalue weighted by Crippen LogP contribution is -2.27. The predicted octanol–water partition coefficient (Wildman–Crippen LogP) is 3.38. The lowest BCUT2D eigenvalue weighted by molar-refractivity contribution is -0.127. The number of amides is 1. The van der Waals surface area contributed by atoms with Crippen molar-refractivity contribution in [3.05, 3.63) is 59.9 Å². The molecule has 0 aliphatic carbocycles. The summed E-state index contributed by atoms with van der Waals surface area (Å²) < 4.78 is 20.3. The Morgan fingerprint density at radius 1 is 1.21 bits per heavy atom. The summed E-state index contributed by atoms with van der Waals surface area (Å²) in [5.74, 6) is 1.33. The first-order valence-corrected chi connectivity index (χ1v) is 9.61. The molecular formula is C20H21FN4O2S. The topological polar surface area (TPSA) is 60.3 Å². The molecule has 1 heterocycles. The average Bonchev–Trinajstić information content (AvgIpc) is 3.06. The highest BCUT2D eigenvalue weighted by molar-refractivity contribution is 7.99. The van der Waals surface area contributed by atoms with Gasteiger partial charge in [0.15, 0.2) is 11.0 Å². The Morgan fingerprint density at radius 2 is 1.96 bits per heavy atom. The predicted molar refractivity (Wildman–Crippen MR) is 107 cm³/mol. The Morgan fingerprint density at radius 3 is 2.64 bits per heavy atom. The van der Waals surface area contributed by atoms with E-state index in [1.807, 2.05) is 35.9 Å². The smallest absolute Gasteiger partial charge is 0.233 e. The fourth-order valence-corrected chi connectivity index (χ4v) is 3.52. The number of rotatable bonds is 7. The molecule has 28 heavy (non-hydrogen) atoms. The van der Waals surface area contributed by atoms with E-state index in [-0.39, 0.29) is 17.5 Å². The standard InChI is InChI=1S/C20H21FN4O2S/c1-24(12-14-5-4-6-16(21)11-14)18(26)13-28-20-23-22-19(25(20)2)15-7-9-17(27-3)10-8-15/h4-11H,12-13H2,1-3H3. The average molecular weight is 400 g/mol. The largest absolute Gasteiger partial charge is 0.497 e. The van der Waals surface area contributed by atoms with Crippen LogP contribution in [0.15, 0.2) is 53.7 Å². The van der Waals surface area contributed by atoms with Gasteiger partial charge < -0.3 is 14.2 Å². The molecule has 146 valence electrons.